The monoisotopic (exact) mass is 318 g/mol. The Bertz CT molecular complexity index is 777. The third kappa shape index (κ3) is 3.67. The van der Waals surface area contributed by atoms with Gasteiger partial charge in [0.1, 0.15) is 0 Å². The maximum atomic E-state index is 12.7. The number of carbonyl (C=O) groups is 2. The van der Waals surface area contributed by atoms with Gasteiger partial charge in [0, 0.05) is 24.7 Å². The zero-order valence-electron chi connectivity index (χ0n) is 14.1. The average Bonchev–Trinajstić information content (AvgIpc) is 2.70. The molecule has 0 aliphatic rings. The van der Waals surface area contributed by atoms with Crippen LogP contribution in [0.2, 0.25) is 0 Å². The van der Waals surface area contributed by atoms with Crippen LogP contribution in [0.3, 0.4) is 0 Å². The van der Waals surface area contributed by atoms with E-state index in [1.54, 1.807) is 17.8 Å². The van der Waals surface area contributed by atoms with E-state index >= 15 is 0 Å². The van der Waals surface area contributed by atoms with Crippen molar-refractivity contribution in [3.05, 3.63) is 23.0 Å². The maximum absolute atomic E-state index is 12.7. The summed E-state index contributed by atoms with van der Waals surface area (Å²) < 4.78 is 1.66. The smallest absolute Gasteiger partial charge is 0.303 e. The summed E-state index contributed by atoms with van der Waals surface area (Å²) in [5.41, 5.74) is 2.03. The van der Waals surface area contributed by atoms with Gasteiger partial charge in [-0.05, 0) is 40.2 Å². The van der Waals surface area contributed by atoms with Crippen molar-refractivity contribution in [1.82, 2.24) is 20.1 Å². The first kappa shape index (κ1) is 16.9. The molecule has 2 rings (SSSR count). The van der Waals surface area contributed by atoms with Gasteiger partial charge in [0.05, 0.1) is 16.6 Å². The molecular weight excluding hydrogens is 296 g/mol. The van der Waals surface area contributed by atoms with E-state index in [4.69, 9.17) is 5.11 Å². The fraction of sp³-hybridized carbons (Fsp3) is 0.500. The second-order valence-electron chi connectivity index (χ2n) is 6.45. The lowest BCUT2D eigenvalue weighted by Crippen LogP contribution is -2.43. The second-order valence-corrected chi connectivity index (χ2v) is 6.45. The molecular formula is C16H22N4O3. The van der Waals surface area contributed by atoms with Crippen molar-refractivity contribution in [3.8, 4) is 0 Å². The summed E-state index contributed by atoms with van der Waals surface area (Å²) in [5.74, 6) is -1.12. The van der Waals surface area contributed by atoms with Crippen LogP contribution in [0.5, 0.6) is 0 Å². The van der Waals surface area contributed by atoms with Crippen molar-refractivity contribution in [2.45, 2.75) is 46.1 Å². The molecule has 0 unspecified atom stereocenters. The van der Waals surface area contributed by atoms with Crippen LogP contribution in [0.1, 0.15) is 48.4 Å². The van der Waals surface area contributed by atoms with E-state index in [1.165, 1.54) is 0 Å². The molecule has 0 atom stereocenters. The van der Waals surface area contributed by atoms with Crippen LogP contribution >= 0.6 is 0 Å². The normalized spacial score (nSPS) is 11.7. The molecule has 2 aromatic heterocycles. The van der Waals surface area contributed by atoms with Gasteiger partial charge in [0.2, 0.25) is 0 Å². The zero-order valence-corrected chi connectivity index (χ0v) is 14.1. The number of carboxylic acids is 1. The average molecular weight is 318 g/mol. The fourth-order valence-corrected chi connectivity index (χ4v) is 2.61. The van der Waals surface area contributed by atoms with Crippen LogP contribution in [-0.4, -0.2) is 37.3 Å². The van der Waals surface area contributed by atoms with Gasteiger partial charge in [-0.1, -0.05) is 0 Å². The molecule has 0 radical (unpaired) electrons. The predicted octanol–water partition coefficient (Wildman–Crippen LogP) is 1.96. The third-order valence-electron chi connectivity index (χ3n) is 3.76. The molecule has 0 aliphatic carbocycles. The first-order chi connectivity index (χ1) is 10.6. The predicted molar refractivity (Wildman–Crippen MR) is 86.4 cm³/mol. The molecule has 124 valence electrons. The zero-order chi connectivity index (χ0) is 17.4. The number of pyridine rings is 1. The van der Waals surface area contributed by atoms with Crippen LogP contribution in [0.15, 0.2) is 6.07 Å². The molecule has 2 aromatic rings. The number of amides is 1. The van der Waals surface area contributed by atoms with E-state index in [0.717, 1.165) is 16.8 Å². The number of aliphatic carboxylic acids is 1. The molecule has 0 bridgehead atoms. The van der Waals surface area contributed by atoms with Gasteiger partial charge in [0.25, 0.3) is 5.91 Å². The number of carbonyl (C=O) groups excluding carboxylic acids is 1. The van der Waals surface area contributed by atoms with E-state index < -0.39 is 11.5 Å². The molecule has 2 N–H and O–H groups in total. The quantitative estimate of drug-likeness (QED) is 0.878. The highest BCUT2D eigenvalue weighted by atomic mass is 16.4. The first-order valence-corrected chi connectivity index (χ1v) is 7.46. The van der Waals surface area contributed by atoms with Crippen molar-refractivity contribution < 1.29 is 14.7 Å². The Kier molecular flexibility index (Phi) is 4.40. The summed E-state index contributed by atoms with van der Waals surface area (Å²) in [5, 5.41) is 16.8. The summed E-state index contributed by atoms with van der Waals surface area (Å²) in [7, 11) is 1.79. The maximum Gasteiger partial charge on any atom is 0.303 e. The van der Waals surface area contributed by atoms with Crippen LogP contribution < -0.4 is 5.32 Å². The van der Waals surface area contributed by atoms with Crippen LogP contribution in [-0.2, 0) is 11.8 Å². The molecule has 0 fully saturated rings. The van der Waals surface area contributed by atoms with E-state index in [9.17, 15) is 9.59 Å². The largest absolute Gasteiger partial charge is 0.481 e. The van der Waals surface area contributed by atoms with Crippen molar-refractivity contribution in [1.29, 1.82) is 0 Å². The number of aryl methyl sites for hydroxylation is 3. The minimum atomic E-state index is -0.877. The Labute approximate surface area is 134 Å². The third-order valence-corrected chi connectivity index (χ3v) is 3.76. The Morgan fingerprint density at radius 2 is 2.00 bits per heavy atom. The van der Waals surface area contributed by atoms with E-state index in [2.05, 4.69) is 15.4 Å². The highest BCUT2D eigenvalue weighted by Crippen LogP contribution is 2.22. The molecule has 7 heteroatoms. The first-order valence-electron chi connectivity index (χ1n) is 7.46. The van der Waals surface area contributed by atoms with Gasteiger partial charge in [0.15, 0.2) is 5.65 Å². The molecule has 23 heavy (non-hydrogen) atoms. The van der Waals surface area contributed by atoms with Crippen molar-refractivity contribution in [3.63, 3.8) is 0 Å². The van der Waals surface area contributed by atoms with Gasteiger partial charge in [-0.3, -0.25) is 14.3 Å². The summed E-state index contributed by atoms with van der Waals surface area (Å²) in [6.45, 7) is 7.30. The Morgan fingerprint density at radius 1 is 1.35 bits per heavy atom. The van der Waals surface area contributed by atoms with Crippen LogP contribution in [0, 0.1) is 13.8 Å². The number of aromatic nitrogens is 3. The van der Waals surface area contributed by atoms with E-state index in [1.807, 2.05) is 27.7 Å². The highest BCUT2D eigenvalue weighted by molar-refractivity contribution is 6.06. The summed E-state index contributed by atoms with van der Waals surface area (Å²) >= 11 is 0. The minimum absolute atomic E-state index is 0.00395. The van der Waals surface area contributed by atoms with Crippen LogP contribution in [0.4, 0.5) is 0 Å². The number of carboxylic acid groups (broad SMARTS) is 1. The standard InChI is InChI=1S/C16H22N4O3/c1-9-8-11(13-10(2)19-20(5)14(13)17-9)15(23)18-16(3,4)7-6-12(21)22/h8H,6-7H2,1-5H3,(H,18,23)(H,21,22). The van der Waals surface area contributed by atoms with Crippen molar-refractivity contribution in [2.24, 2.45) is 7.05 Å². The molecule has 0 aromatic carbocycles. The summed E-state index contributed by atoms with van der Waals surface area (Å²) in [4.78, 5) is 27.9. The number of fused-ring (bicyclic) bond motifs is 1. The Balaban J connectivity index is 2.36. The SMILES string of the molecule is Cc1cc(C(=O)NC(C)(C)CCC(=O)O)c2c(C)nn(C)c2n1. The molecule has 7 nitrogen and oxygen atoms in total. The number of nitrogens with zero attached hydrogens (tertiary/aromatic N) is 3. The second kappa shape index (κ2) is 5.98. The van der Waals surface area contributed by atoms with Crippen molar-refractivity contribution in [2.75, 3.05) is 0 Å². The van der Waals surface area contributed by atoms with E-state index in [-0.39, 0.29) is 12.3 Å². The Morgan fingerprint density at radius 3 is 2.61 bits per heavy atom. The topological polar surface area (TPSA) is 97.1 Å². The van der Waals surface area contributed by atoms with Gasteiger partial charge in [-0.15, -0.1) is 0 Å². The number of hydrogen-bond acceptors (Lipinski definition) is 4. The van der Waals surface area contributed by atoms with Gasteiger partial charge in [-0.2, -0.15) is 5.10 Å². The number of rotatable bonds is 5. The molecule has 2 heterocycles. The van der Waals surface area contributed by atoms with Crippen molar-refractivity contribution >= 4 is 22.9 Å². The molecule has 0 saturated carbocycles. The lowest BCUT2D eigenvalue weighted by Gasteiger charge is -2.26. The summed E-state index contributed by atoms with van der Waals surface area (Å²) in [6.07, 6.45) is 0.358. The number of nitrogens with one attached hydrogen (secondary N) is 1. The van der Waals surface area contributed by atoms with Gasteiger partial charge in [-0.25, -0.2) is 4.98 Å². The molecule has 0 saturated heterocycles. The number of hydrogen-bond donors (Lipinski definition) is 2. The lowest BCUT2D eigenvalue weighted by atomic mass is 9.97. The minimum Gasteiger partial charge on any atom is -0.481 e. The fourth-order valence-electron chi connectivity index (χ4n) is 2.61. The molecule has 1 amide bonds. The Hall–Kier alpha value is -2.44. The molecule has 0 aliphatic heterocycles. The van der Waals surface area contributed by atoms with E-state index in [0.29, 0.717) is 17.6 Å². The van der Waals surface area contributed by atoms with Gasteiger partial charge >= 0.3 is 5.97 Å². The highest BCUT2D eigenvalue weighted by Gasteiger charge is 2.25. The van der Waals surface area contributed by atoms with Crippen LogP contribution in [0.25, 0.3) is 11.0 Å². The van der Waals surface area contributed by atoms with Gasteiger partial charge < -0.3 is 10.4 Å². The summed E-state index contributed by atoms with van der Waals surface area (Å²) in [6, 6.07) is 1.74. The molecule has 0 spiro atoms. The lowest BCUT2D eigenvalue weighted by molar-refractivity contribution is -0.137.